The molecule has 15 heavy (non-hydrogen) atoms. The van der Waals surface area contributed by atoms with E-state index in [1.165, 1.54) is 32.4 Å². The lowest BCUT2D eigenvalue weighted by Crippen LogP contribution is -2.48. The molecule has 2 aliphatic rings. The van der Waals surface area contributed by atoms with Gasteiger partial charge in [0.15, 0.2) is 0 Å². The van der Waals surface area contributed by atoms with Crippen molar-refractivity contribution in [3.63, 3.8) is 0 Å². The van der Waals surface area contributed by atoms with E-state index in [1.54, 1.807) is 0 Å². The van der Waals surface area contributed by atoms with E-state index in [0.717, 1.165) is 12.5 Å². The maximum Gasteiger partial charge on any atom is 0.0499 e. The summed E-state index contributed by atoms with van der Waals surface area (Å²) in [5.41, 5.74) is 0.253. The predicted molar refractivity (Wildman–Crippen MR) is 61.8 cm³/mol. The van der Waals surface area contributed by atoms with Gasteiger partial charge >= 0.3 is 0 Å². The second-order valence-corrected chi connectivity index (χ2v) is 5.67. The van der Waals surface area contributed by atoms with Crippen molar-refractivity contribution < 1.29 is 5.11 Å². The fourth-order valence-electron chi connectivity index (χ4n) is 2.57. The summed E-state index contributed by atoms with van der Waals surface area (Å²) in [7, 11) is 2.20. The van der Waals surface area contributed by atoms with E-state index >= 15 is 0 Å². The third-order valence-corrected chi connectivity index (χ3v) is 4.14. The van der Waals surface area contributed by atoms with Gasteiger partial charge in [-0.3, -0.25) is 0 Å². The van der Waals surface area contributed by atoms with Crippen molar-refractivity contribution >= 4 is 0 Å². The SMILES string of the molecule is CC1CN(C)CCC1NCC1(CO)CC1. The Morgan fingerprint density at radius 2 is 2.20 bits per heavy atom. The molecule has 0 spiro atoms. The van der Waals surface area contributed by atoms with Crippen LogP contribution in [0.5, 0.6) is 0 Å². The monoisotopic (exact) mass is 212 g/mol. The molecule has 0 aromatic rings. The number of hydrogen-bond acceptors (Lipinski definition) is 3. The topological polar surface area (TPSA) is 35.5 Å². The minimum atomic E-state index is 0.253. The predicted octanol–water partition coefficient (Wildman–Crippen LogP) is 0.689. The van der Waals surface area contributed by atoms with Crippen molar-refractivity contribution in [3.05, 3.63) is 0 Å². The number of aliphatic hydroxyl groups is 1. The molecule has 0 amide bonds. The summed E-state index contributed by atoms with van der Waals surface area (Å²) < 4.78 is 0. The summed E-state index contributed by atoms with van der Waals surface area (Å²) in [5, 5.41) is 12.9. The van der Waals surface area contributed by atoms with Crippen LogP contribution in [0.15, 0.2) is 0 Å². The van der Waals surface area contributed by atoms with Gasteiger partial charge in [0.05, 0.1) is 0 Å². The molecule has 0 radical (unpaired) electrons. The van der Waals surface area contributed by atoms with E-state index in [1.807, 2.05) is 0 Å². The minimum absolute atomic E-state index is 0.253. The Kier molecular flexibility index (Phi) is 3.33. The maximum atomic E-state index is 9.25. The van der Waals surface area contributed by atoms with Gasteiger partial charge < -0.3 is 15.3 Å². The van der Waals surface area contributed by atoms with E-state index in [2.05, 4.69) is 24.2 Å². The quantitative estimate of drug-likeness (QED) is 0.719. The molecule has 0 bridgehead atoms. The minimum Gasteiger partial charge on any atom is -0.396 e. The molecule has 2 unspecified atom stereocenters. The molecular weight excluding hydrogens is 188 g/mol. The summed E-state index contributed by atoms with van der Waals surface area (Å²) in [6, 6.07) is 0.658. The van der Waals surface area contributed by atoms with Crippen LogP contribution in [0, 0.1) is 11.3 Å². The molecule has 3 heteroatoms. The molecule has 2 rings (SSSR count). The third-order valence-electron chi connectivity index (χ3n) is 4.14. The fourth-order valence-corrected chi connectivity index (χ4v) is 2.57. The number of piperidine rings is 1. The van der Waals surface area contributed by atoms with Gasteiger partial charge in [0, 0.05) is 31.2 Å². The summed E-state index contributed by atoms with van der Waals surface area (Å²) >= 11 is 0. The van der Waals surface area contributed by atoms with Gasteiger partial charge in [-0.2, -0.15) is 0 Å². The molecule has 1 heterocycles. The van der Waals surface area contributed by atoms with Crippen molar-refractivity contribution in [2.45, 2.75) is 32.2 Å². The zero-order valence-corrected chi connectivity index (χ0v) is 10.00. The van der Waals surface area contributed by atoms with Crippen LogP contribution in [0.1, 0.15) is 26.2 Å². The Balaban J connectivity index is 1.75. The van der Waals surface area contributed by atoms with Gasteiger partial charge in [-0.1, -0.05) is 6.92 Å². The lowest BCUT2D eigenvalue weighted by Gasteiger charge is -2.36. The average molecular weight is 212 g/mol. The summed E-state index contributed by atoms with van der Waals surface area (Å²) in [6.45, 7) is 6.10. The van der Waals surface area contributed by atoms with Crippen LogP contribution in [0.25, 0.3) is 0 Å². The second-order valence-electron chi connectivity index (χ2n) is 5.67. The van der Waals surface area contributed by atoms with Gasteiger partial charge in [-0.25, -0.2) is 0 Å². The van der Waals surface area contributed by atoms with Crippen LogP contribution >= 0.6 is 0 Å². The first-order chi connectivity index (χ1) is 7.15. The lowest BCUT2D eigenvalue weighted by atomic mass is 9.93. The first kappa shape index (κ1) is 11.4. The van der Waals surface area contributed by atoms with Gasteiger partial charge in [0.25, 0.3) is 0 Å². The van der Waals surface area contributed by atoms with Crippen molar-refractivity contribution in [1.29, 1.82) is 0 Å². The molecule has 2 fully saturated rings. The highest BCUT2D eigenvalue weighted by Gasteiger charge is 2.42. The molecule has 2 N–H and O–H groups in total. The van der Waals surface area contributed by atoms with E-state index in [9.17, 15) is 5.11 Å². The van der Waals surface area contributed by atoms with Gasteiger partial charge in [0.2, 0.25) is 0 Å². The normalized spacial score (nSPS) is 35.4. The number of likely N-dealkylation sites (tertiary alicyclic amines) is 1. The highest BCUT2D eigenvalue weighted by molar-refractivity contribution is 4.96. The largest absolute Gasteiger partial charge is 0.396 e. The van der Waals surface area contributed by atoms with Gasteiger partial charge in [-0.15, -0.1) is 0 Å². The maximum absolute atomic E-state index is 9.25. The molecule has 1 aliphatic carbocycles. The number of aliphatic hydroxyl groups excluding tert-OH is 1. The van der Waals surface area contributed by atoms with E-state index < -0.39 is 0 Å². The van der Waals surface area contributed by atoms with E-state index in [-0.39, 0.29) is 5.41 Å². The van der Waals surface area contributed by atoms with E-state index in [4.69, 9.17) is 0 Å². The highest BCUT2D eigenvalue weighted by atomic mass is 16.3. The first-order valence-electron chi connectivity index (χ1n) is 6.18. The second kappa shape index (κ2) is 4.40. The molecule has 88 valence electrons. The Bertz CT molecular complexity index is 216. The summed E-state index contributed by atoms with van der Waals surface area (Å²) in [5.74, 6) is 0.734. The van der Waals surface area contributed by atoms with Crippen molar-refractivity contribution in [2.24, 2.45) is 11.3 Å². The van der Waals surface area contributed by atoms with Crippen LogP contribution in [-0.4, -0.2) is 49.3 Å². The number of rotatable bonds is 4. The van der Waals surface area contributed by atoms with Gasteiger partial charge in [0.1, 0.15) is 0 Å². The molecule has 0 aromatic carbocycles. The molecule has 1 saturated heterocycles. The first-order valence-corrected chi connectivity index (χ1v) is 6.18. The molecule has 0 aromatic heterocycles. The number of nitrogens with zero attached hydrogens (tertiary/aromatic N) is 1. The van der Waals surface area contributed by atoms with Gasteiger partial charge in [-0.05, 0) is 38.8 Å². The number of nitrogens with one attached hydrogen (secondary N) is 1. The third kappa shape index (κ3) is 2.71. The Labute approximate surface area is 92.8 Å². The van der Waals surface area contributed by atoms with Crippen LogP contribution in [-0.2, 0) is 0 Å². The summed E-state index contributed by atoms with van der Waals surface area (Å²) in [6.07, 6.45) is 3.66. The Hall–Kier alpha value is -0.120. The smallest absolute Gasteiger partial charge is 0.0499 e. The molecule has 1 aliphatic heterocycles. The highest BCUT2D eigenvalue weighted by Crippen LogP contribution is 2.44. The van der Waals surface area contributed by atoms with Crippen molar-refractivity contribution in [3.8, 4) is 0 Å². The van der Waals surface area contributed by atoms with E-state index in [0.29, 0.717) is 12.6 Å². The van der Waals surface area contributed by atoms with Crippen molar-refractivity contribution in [1.82, 2.24) is 10.2 Å². The standard InChI is InChI=1S/C12H24N2O/c1-10-7-14(2)6-3-11(10)13-8-12(9-15)4-5-12/h10-11,13,15H,3-9H2,1-2H3. The van der Waals surface area contributed by atoms with Crippen LogP contribution in [0.3, 0.4) is 0 Å². The molecular formula is C12H24N2O. The zero-order chi connectivity index (χ0) is 10.9. The Morgan fingerprint density at radius 3 is 2.73 bits per heavy atom. The molecule has 2 atom stereocenters. The lowest BCUT2D eigenvalue weighted by molar-refractivity contribution is 0.155. The molecule has 3 nitrogen and oxygen atoms in total. The fraction of sp³-hybridized carbons (Fsp3) is 1.00. The Morgan fingerprint density at radius 1 is 1.47 bits per heavy atom. The van der Waals surface area contributed by atoms with Crippen LogP contribution < -0.4 is 5.32 Å². The van der Waals surface area contributed by atoms with Crippen LogP contribution in [0.2, 0.25) is 0 Å². The van der Waals surface area contributed by atoms with Crippen LogP contribution in [0.4, 0.5) is 0 Å². The number of hydrogen-bond donors (Lipinski definition) is 2. The van der Waals surface area contributed by atoms with Crippen molar-refractivity contribution in [2.75, 3.05) is 33.3 Å². The average Bonchev–Trinajstić information content (AvgIpc) is 2.97. The molecule has 1 saturated carbocycles. The summed E-state index contributed by atoms with van der Waals surface area (Å²) in [4.78, 5) is 2.40. The zero-order valence-electron chi connectivity index (χ0n) is 10.00.